The van der Waals surface area contributed by atoms with Crippen molar-refractivity contribution in [1.29, 1.82) is 0 Å². The van der Waals surface area contributed by atoms with E-state index >= 15 is 0 Å². The minimum Gasteiger partial charge on any atom is -0.478 e. The Balaban J connectivity index is 0. The Morgan fingerprint density at radius 3 is 2.19 bits per heavy atom. The standard InChI is InChI=1S/C7H12O3.C4H6O2/c1-4-7(8)10-6(3)9-5-2;1-3(2)4(5)6/h4,6H,1,5H2,2-3H3;1H2,2H3,(H,5,6). The first kappa shape index (κ1) is 16.8. The fourth-order valence-electron chi connectivity index (χ4n) is 0.480. The molecule has 1 unspecified atom stereocenters. The number of rotatable bonds is 5. The Morgan fingerprint density at radius 2 is 1.94 bits per heavy atom. The smallest absolute Gasteiger partial charge is 0.332 e. The number of hydrogen-bond acceptors (Lipinski definition) is 4. The minimum absolute atomic E-state index is 0.176. The zero-order valence-corrected chi connectivity index (χ0v) is 9.86. The lowest BCUT2D eigenvalue weighted by atomic mass is 10.4. The topological polar surface area (TPSA) is 72.8 Å². The SMILES string of the molecule is C=C(C)C(=O)O.C=CC(=O)OC(C)OCC. The van der Waals surface area contributed by atoms with Gasteiger partial charge in [-0.25, -0.2) is 9.59 Å². The van der Waals surface area contributed by atoms with Crippen LogP contribution in [0.15, 0.2) is 24.8 Å². The molecule has 0 aliphatic heterocycles. The molecule has 0 amide bonds. The maximum Gasteiger partial charge on any atom is 0.332 e. The van der Waals surface area contributed by atoms with Gasteiger partial charge in [-0.3, -0.25) is 0 Å². The van der Waals surface area contributed by atoms with Crippen molar-refractivity contribution in [1.82, 2.24) is 0 Å². The van der Waals surface area contributed by atoms with Crippen LogP contribution >= 0.6 is 0 Å². The highest BCUT2D eigenvalue weighted by Crippen LogP contribution is 1.93. The molecular formula is C11H18O5. The van der Waals surface area contributed by atoms with Crippen LogP contribution in [0.4, 0.5) is 0 Å². The van der Waals surface area contributed by atoms with Crippen LogP contribution in [-0.4, -0.2) is 29.9 Å². The number of carboxylic acid groups (broad SMARTS) is 1. The van der Waals surface area contributed by atoms with Gasteiger partial charge < -0.3 is 14.6 Å². The molecule has 5 heteroatoms. The second-order valence-electron chi connectivity index (χ2n) is 2.75. The monoisotopic (exact) mass is 230 g/mol. The Bertz CT molecular complexity index is 245. The largest absolute Gasteiger partial charge is 0.478 e. The molecule has 0 aromatic rings. The molecule has 0 heterocycles. The van der Waals surface area contributed by atoms with E-state index in [4.69, 9.17) is 9.84 Å². The Kier molecular flexibility index (Phi) is 10.4. The fourth-order valence-corrected chi connectivity index (χ4v) is 0.480. The van der Waals surface area contributed by atoms with Crippen molar-refractivity contribution >= 4 is 11.9 Å². The van der Waals surface area contributed by atoms with Gasteiger partial charge in [-0.1, -0.05) is 13.2 Å². The first-order chi connectivity index (χ1) is 7.34. The molecule has 0 saturated heterocycles. The number of carbonyl (C=O) groups is 2. The average Bonchev–Trinajstić information content (AvgIpc) is 2.18. The number of esters is 1. The number of hydrogen-bond donors (Lipinski definition) is 1. The summed E-state index contributed by atoms with van der Waals surface area (Å²) in [7, 11) is 0. The van der Waals surface area contributed by atoms with Crippen molar-refractivity contribution < 1.29 is 24.2 Å². The Morgan fingerprint density at radius 1 is 1.50 bits per heavy atom. The van der Waals surface area contributed by atoms with E-state index in [1.165, 1.54) is 6.92 Å². The maximum atomic E-state index is 10.5. The van der Waals surface area contributed by atoms with E-state index in [2.05, 4.69) is 17.9 Å². The maximum absolute atomic E-state index is 10.5. The Labute approximate surface area is 95.4 Å². The van der Waals surface area contributed by atoms with Crippen molar-refractivity contribution in [2.24, 2.45) is 0 Å². The molecule has 0 spiro atoms. The molecule has 0 aliphatic carbocycles. The molecule has 0 radical (unpaired) electrons. The summed E-state index contributed by atoms with van der Waals surface area (Å²) in [6.07, 6.45) is 0.630. The van der Waals surface area contributed by atoms with E-state index in [1.54, 1.807) is 6.92 Å². The van der Waals surface area contributed by atoms with Crippen LogP contribution < -0.4 is 0 Å². The van der Waals surface area contributed by atoms with Crippen LogP contribution in [0.1, 0.15) is 20.8 Å². The highest BCUT2D eigenvalue weighted by molar-refractivity contribution is 5.84. The third-order valence-electron chi connectivity index (χ3n) is 1.22. The van der Waals surface area contributed by atoms with Gasteiger partial charge in [-0.2, -0.15) is 0 Å². The van der Waals surface area contributed by atoms with Crippen LogP contribution in [0.2, 0.25) is 0 Å². The van der Waals surface area contributed by atoms with Gasteiger partial charge in [0.15, 0.2) is 6.29 Å². The molecule has 1 atom stereocenters. The van der Waals surface area contributed by atoms with Crippen LogP contribution in [0.3, 0.4) is 0 Å². The third-order valence-corrected chi connectivity index (χ3v) is 1.22. The quantitative estimate of drug-likeness (QED) is 0.442. The Hall–Kier alpha value is -1.62. The van der Waals surface area contributed by atoms with E-state index < -0.39 is 18.2 Å². The van der Waals surface area contributed by atoms with Crippen molar-refractivity contribution in [3.63, 3.8) is 0 Å². The molecule has 92 valence electrons. The zero-order chi connectivity index (χ0) is 13.1. The summed E-state index contributed by atoms with van der Waals surface area (Å²) in [4.78, 5) is 20.1. The number of carboxylic acids is 1. The molecule has 0 bridgehead atoms. The summed E-state index contributed by atoms with van der Waals surface area (Å²) in [6.45, 7) is 11.9. The second kappa shape index (κ2) is 9.92. The summed E-state index contributed by atoms with van der Waals surface area (Å²) in [5.74, 6) is -1.39. The summed E-state index contributed by atoms with van der Waals surface area (Å²) >= 11 is 0. The van der Waals surface area contributed by atoms with Crippen molar-refractivity contribution in [3.05, 3.63) is 24.8 Å². The molecule has 5 nitrogen and oxygen atoms in total. The van der Waals surface area contributed by atoms with E-state index in [0.717, 1.165) is 6.08 Å². The molecule has 0 aromatic heterocycles. The zero-order valence-electron chi connectivity index (χ0n) is 9.86. The van der Waals surface area contributed by atoms with Crippen LogP contribution in [-0.2, 0) is 19.1 Å². The van der Waals surface area contributed by atoms with Gasteiger partial charge in [0.25, 0.3) is 0 Å². The van der Waals surface area contributed by atoms with Crippen molar-refractivity contribution in [2.75, 3.05) is 6.61 Å². The van der Waals surface area contributed by atoms with Crippen LogP contribution in [0, 0.1) is 0 Å². The summed E-state index contributed by atoms with van der Waals surface area (Å²) < 4.78 is 9.58. The second-order valence-corrected chi connectivity index (χ2v) is 2.75. The molecular weight excluding hydrogens is 212 g/mol. The first-order valence-corrected chi connectivity index (χ1v) is 4.68. The summed E-state index contributed by atoms with van der Waals surface area (Å²) in [5, 5.41) is 7.89. The van der Waals surface area contributed by atoms with Crippen molar-refractivity contribution in [3.8, 4) is 0 Å². The summed E-state index contributed by atoms with van der Waals surface area (Å²) in [5.41, 5.74) is 0.176. The highest BCUT2D eigenvalue weighted by atomic mass is 16.7. The predicted octanol–water partition coefficient (Wildman–Crippen LogP) is 1.75. The predicted molar refractivity (Wildman–Crippen MR) is 59.8 cm³/mol. The highest BCUT2D eigenvalue weighted by Gasteiger charge is 2.03. The summed E-state index contributed by atoms with van der Waals surface area (Å²) in [6, 6.07) is 0. The van der Waals surface area contributed by atoms with Gasteiger partial charge in [-0.05, 0) is 20.8 Å². The minimum atomic E-state index is -0.935. The normalized spacial score (nSPS) is 10.4. The molecule has 0 fully saturated rings. The number of ether oxygens (including phenoxy) is 2. The molecule has 0 saturated carbocycles. The van der Waals surface area contributed by atoms with Gasteiger partial charge in [0, 0.05) is 18.3 Å². The van der Waals surface area contributed by atoms with Gasteiger partial charge in [-0.15, -0.1) is 0 Å². The van der Waals surface area contributed by atoms with E-state index in [9.17, 15) is 9.59 Å². The molecule has 16 heavy (non-hydrogen) atoms. The molecule has 0 aliphatic rings. The number of carbonyl (C=O) groups excluding carboxylic acids is 1. The van der Waals surface area contributed by atoms with Gasteiger partial charge in [0.2, 0.25) is 0 Å². The van der Waals surface area contributed by atoms with Crippen molar-refractivity contribution in [2.45, 2.75) is 27.1 Å². The number of aliphatic carboxylic acids is 1. The lowest BCUT2D eigenvalue weighted by Crippen LogP contribution is -2.16. The first-order valence-electron chi connectivity index (χ1n) is 4.68. The van der Waals surface area contributed by atoms with Gasteiger partial charge in [0.1, 0.15) is 0 Å². The lowest BCUT2D eigenvalue weighted by molar-refractivity contribution is -0.167. The fraction of sp³-hybridized carbons (Fsp3) is 0.455. The van der Waals surface area contributed by atoms with Gasteiger partial charge in [0.05, 0.1) is 0 Å². The van der Waals surface area contributed by atoms with E-state index in [0.29, 0.717) is 6.61 Å². The third kappa shape index (κ3) is 12.4. The van der Waals surface area contributed by atoms with Gasteiger partial charge >= 0.3 is 11.9 Å². The van der Waals surface area contributed by atoms with Crippen LogP contribution in [0.5, 0.6) is 0 Å². The average molecular weight is 230 g/mol. The lowest BCUT2D eigenvalue weighted by Gasteiger charge is -2.10. The van der Waals surface area contributed by atoms with E-state index in [-0.39, 0.29) is 5.57 Å². The van der Waals surface area contributed by atoms with Crippen LogP contribution in [0.25, 0.3) is 0 Å². The van der Waals surface area contributed by atoms with E-state index in [1.807, 2.05) is 6.92 Å². The molecule has 0 rings (SSSR count). The molecule has 1 N–H and O–H groups in total. The molecule has 0 aromatic carbocycles.